The second-order valence-electron chi connectivity index (χ2n) is 4.27. The second kappa shape index (κ2) is 6.41. The molecule has 0 amide bonds. The Hall–Kier alpha value is -1.78. The normalized spacial score (nSPS) is 10.7. The summed E-state index contributed by atoms with van der Waals surface area (Å²) in [6, 6.07) is 10.8. The van der Waals surface area contributed by atoms with Gasteiger partial charge in [0.1, 0.15) is 11.6 Å². The first-order valence-electron chi connectivity index (χ1n) is 6.03. The van der Waals surface area contributed by atoms with Gasteiger partial charge in [-0.05, 0) is 29.3 Å². The summed E-state index contributed by atoms with van der Waals surface area (Å²) in [5.74, 6) is -0.877. The van der Waals surface area contributed by atoms with Gasteiger partial charge in [0.25, 0.3) is 0 Å². The Morgan fingerprint density at radius 2 is 1.58 bits per heavy atom. The van der Waals surface area contributed by atoms with E-state index in [0.717, 1.165) is 23.3 Å². The molecule has 0 aliphatic carbocycles. The third-order valence-corrected chi connectivity index (χ3v) is 2.93. The van der Waals surface area contributed by atoms with Crippen LogP contribution in [-0.2, 0) is 19.7 Å². The molecule has 100 valence electrons. The van der Waals surface area contributed by atoms with Crippen LogP contribution in [0.5, 0.6) is 0 Å². The van der Waals surface area contributed by atoms with Gasteiger partial charge in [-0.1, -0.05) is 24.3 Å². The van der Waals surface area contributed by atoms with Crippen LogP contribution < -0.4 is 5.32 Å². The minimum Gasteiger partial charge on any atom is -0.392 e. The zero-order valence-electron chi connectivity index (χ0n) is 10.4. The van der Waals surface area contributed by atoms with E-state index >= 15 is 0 Å². The van der Waals surface area contributed by atoms with Crippen LogP contribution in [0.25, 0.3) is 0 Å². The van der Waals surface area contributed by atoms with Gasteiger partial charge >= 0.3 is 0 Å². The molecule has 0 saturated carbocycles. The molecule has 0 heterocycles. The average Bonchev–Trinajstić information content (AvgIpc) is 2.43. The lowest BCUT2D eigenvalue weighted by molar-refractivity contribution is 0.280. The highest BCUT2D eigenvalue weighted by atomic mass is 19.1. The van der Waals surface area contributed by atoms with E-state index in [0.29, 0.717) is 12.1 Å². The van der Waals surface area contributed by atoms with Crippen LogP contribution in [0.1, 0.15) is 16.7 Å². The van der Waals surface area contributed by atoms with E-state index < -0.39 is 11.6 Å². The lowest BCUT2D eigenvalue weighted by Gasteiger charge is -2.09. The average molecular weight is 263 g/mol. The van der Waals surface area contributed by atoms with Crippen LogP contribution in [0.3, 0.4) is 0 Å². The fraction of sp³-hybridized carbons (Fsp3) is 0.200. The number of aliphatic hydroxyl groups is 1. The summed E-state index contributed by atoms with van der Waals surface area (Å²) in [7, 11) is 0. The number of benzene rings is 2. The zero-order chi connectivity index (χ0) is 13.7. The predicted molar refractivity (Wildman–Crippen MR) is 69.3 cm³/mol. The van der Waals surface area contributed by atoms with Crippen molar-refractivity contribution in [1.29, 1.82) is 0 Å². The number of halogens is 2. The van der Waals surface area contributed by atoms with Gasteiger partial charge in [0.2, 0.25) is 0 Å². The Morgan fingerprint density at radius 1 is 0.895 bits per heavy atom. The first-order chi connectivity index (χ1) is 9.20. The highest BCUT2D eigenvalue weighted by Crippen LogP contribution is 2.11. The smallest absolute Gasteiger partial charge is 0.127 e. The molecule has 0 saturated heterocycles. The maximum absolute atomic E-state index is 13.4. The Bertz CT molecular complexity index is 558. The maximum atomic E-state index is 13.4. The van der Waals surface area contributed by atoms with Crippen LogP contribution >= 0.6 is 0 Å². The van der Waals surface area contributed by atoms with E-state index in [1.54, 1.807) is 0 Å². The minimum atomic E-state index is -0.450. The van der Waals surface area contributed by atoms with Crippen molar-refractivity contribution >= 4 is 0 Å². The molecule has 2 nitrogen and oxygen atoms in total. The number of nitrogens with one attached hydrogen (secondary N) is 1. The number of rotatable bonds is 5. The molecule has 2 rings (SSSR count). The molecule has 0 aliphatic heterocycles. The molecule has 2 aromatic carbocycles. The van der Waals surface area contributed by atoms with Crippen molar-refractivity contribution in [3.8, 4) is 0 Å². The number of aliphatic hydroxyl groups excluding tert-OH is 1. The highest BCUT2D eigenvalue weighted by Gasteiger charge is 2.04. The molecule has 4 heteroatoms. The summed E-state index contributed by atoms with van der Waals surface area (Å²) in [5.41, 5.74) is 2.07. The zero-order valence-corrected chi connectivity index (χ0v) is 10.4. The molecular formula is C15H15F2NO. The van der Waals surface area contributed by atoms with Gasteiger partial charge in [-0.15, -0.1) is 0 Å². The molecule has 0 fully saturated rings. The summed E-state index contributed by atoms with van der Waals surface area (Å²) in [6.45, 7) is 0.697. The third-order valence-electron chi connectivity index (χ3n) is 2.93. The van der Waals surface area contributed by atoms with E-state index in [9.17, 15) is 13.9 Å². The Labute approximate surface area is 110 Å². The van der Waals surface area contributed by atoms with Crippen LogP contribution in [0.15, 0.2) is 42.5 Å². The fourth-order valence-electron chi connectivity index (χ4n) is 1.89. The summed E-state index contributed by atoms with van der Waals surface area (Å²) in [5, 5.41) is 12.2. The molecule has 19 heavy (non-hydrogen) atoms. The van der Waals surface area contributed by atoms with Gasteiger partial charge in [-0.2, -0.15) is 0 Å². The van der Waals surface area contributed by atoms with Crippen molar-refractivity contribution in [3.05, 3.63) is 70.8 Å². The van der Waals surface area contributed by atoms with Crippen molar-refractivity contribution in [2.45, 2.75) is 19.7 Å². The third kappa shape index (κ3) is 3.59. The number of hydrogen-bond acceptors (Lipinski definition) is 2. The van der Waals surface area contributed by atoms with Gasteiger partial charge in [0.15, 0.2) is 0 Å². The van der Waals surface area contributed by atoms with E-state index in [4.69, 9.17) is 0 Å². The lowest BCUT2D eigenvalue weighted by atomic mass is 10.1. The van der Waals surface area contributed by atoms with Crippen molar-refractivity contribution in [1.82, 2.24) is 5.32 Å². The standard InChI is InChI=1S/C15H15F2NO/c16-14-5-6-15(17)13(7-14)9-18-8-11-3-1-2-4-12(11)10-19/h1-7,18-19H,8-10H2. The van der Waals surface area contributed by atoms with E-state index in [2.05, 4.69) is 5.32 Å². The van der Waals surface area contributed by atoms with Gasteiger partial charge < -0.3 is 10.4 Å². The second-order valence-corrected chi connectivity index (χ2v) is 4.27. The van der Waals surface area contributed by atoms with E-state index in [1.165, 1.54) is 6.07 Å². The SMILES string of the molecule is OCc1ccccc1CNCc1cc(F)ccc1F. The molecule has 2 N–H and O–H groups in total. The highest BCUT2D eigenvalue weighted by molar-refractivity contribution is 5.26. The molecule has 0 aliphatic rings. The Balaban J connectivity index is 1.98. The molecule has 0 unspecified atom stereocenters. The molecular weight excluding hydrogens is 248 g/mol. The molecule has 0 atom stereocenters. The quantitative estimate of drug-likeness (QED) is 0.869. The fourth-order valence-corrected chi connectivity index (χ4v) is 1.89. The van der Waals surface area contributed by atoms with Crippen LogP contribution in [0.2, 0.25) is 0 Å². The van der Waals surface area contributed by atoms with Gasteiger partial charge in [-0.3, -0.25) is 0 Å². The molecule has 0 radical (unpaired) electrons. The Kier molecular flexibility index (Phi) is 4.60. The molecule has 2 aromatic rings. The largest absolute Gasteiger partial charge is 0.392 e. The lowest BCUT2D eigenvalue weighted by Crippen LogP contribution is -2.15. The number of hydrogen-bond donors (Lipinski definition) is 2. The topological polar surface area (TPSA) is 32.3 Å². The summed E-state index contributed by atoms with van der Waals surface area (Å²) >= 11 is 0. The molecule has 0 spiro atoms. The van der Waals surface area contributed by atoms with Crippen molar-refractivity contribution < 1.29 is 13.9 Å². The first-order valence-corrected chi connectivity index (χ1v) is 6.03. The summed E-state index contributed by atoms with van der Waals surface area (Å²) in [6.07, 6.45) is 0. The van der Waals surface area contributed by atoms with E-state index in [1.807, 2.05) is 24.3 Å². The van der Waals surface area contributed by atoms with Gasteiger partial charge in [0, 0.05) is 18.7 Å². The monoisotopic (exact) mass is 263 g/mol. The predicted octanol–water partition coefficient (Wildman–Crippen LogP) is 2.75. The Morgan fingerprint density at radius 3 is 2.32 bits per heavy atom. The van der Waals surface area contributed by atoms with Crippen LogP contribution in [-0.4, -0.2) is 5.11 Å². The van der Waals surface area contributed by atoms with Gasteiger partial charge in [-0.25, -0.2) is 8.78 Å². The first kappa shape index (κ1) is 13.6. The van der Waals surface area contributed by atoms with Crippen molar-refractivity contribution in [2.75, 3.05) is 0 Å². The maximum Gasteiger partial charge on any atom is 0.127 e. The minimum absolute atomic E-state index is 0.0355. The van der Waals surface area contributed by atoms with Crippen molar-refractivity contribution in [2.24, 2.45) is 0 Å². The van der Waals surface area contributed by atoms with Crippen LogP contribution in [0, 0.1) is 11.6 Å². The van der Waals surface area contributed by atoms with Crippen LogP contribution in [0.4, 0.5) is 8.78 Å². The summed E-state index contributed by atoms with van der Waals surface area (Å²) < 4.78 is 26.4. The van der Waals surface area contributed by atoms with Gasteiger partial charge in [0.05, 0.1) is 6.61 Å². The summed E-state index contributed by atoms with van der Waals surface area (Å²) in [4.78, 5) is 0. The molecule has 0 bridgehead atoms. The van der Waals surface area contributed by atoms with E-state index in [-0.39, 0.29) is 13.2 Å². The van der Waals surface area contributed by atoms with Crippen molar-refractivity contribution in [3.63, 3.8) is 0 Å². The molecule has 0 aromatic heterocycles.